The van der Waals surface area contributed by atoms with E-state index in [4.69, 9.17) is 4.84 Å². The second-order valence-electron chi connectivity index (χ2n) is 10.3. The van der Waals surface area contributed by atoms with Crippen LogP contribution >= 0.6 is 11.8 Å². The van der Waals surface area contributed by atoms with Gasteiger partial charge in [-0.25, -0.2) is 0 Å². The monoisotopic (exact) mass is 539 g/mol. The van der Waals surface area contributed by atoms with Crippen LogP contribution in [0.4, 0.5) is 0 Å². The molecule has 7 heteroatoms. The number of carboxylic acid groups (broad SMARTS) is 1. The Morgan fingerprint density at radius 2 is 1.89 bits per heavy atom. The van der Waals surface area contributed by atoms with Gasteiger partial charge in [-0.05, 0) is 84.9 Å². The highest BCUT2D eigenvalue weighted by Crippen LogP contribution is 2.29. The van der Waals surface area contributed by atoms with Crippen LogP contribution < -0.4 is 10.4 Å². The van der Waals surface area contributed by atoms with Gasteiger partial charge in [0.2, 0.25) is 0 Å². The Labute approximate surface area is 232 Å². The van der Waals surface area contributed by atoms with Gasteiger partial charge in [0.1, 0.15) is 0 Å². The molecule has 0 bridgehead atoms. The molecule has 0 heterocycles. The van der Waals surface area contributed by atoms with Gasteiger partial charge in [-0.2, -0.15) is 16.8 Å². The van der Waals surface area contributed by atoms with E-state index in [1.165, 1.54) is 43.9 Å². The van der Waals surface area contributed by atoms with Gasteiger partial charge in [0.05, 0.1) is 18.6 Å². The number of carbonyl (C=O) groups is 2. The second kappa shape index (κ2) is 15.9. The maximum atomic E-state index is 13.3. The molecule has 0 aliphatic heterocycles. The van der Waals surface area contributed by atoms with E-state index >= 15 is 0 Å². The van der Waals surface area contributed by atoms with E-state index in [-0.39, 0.29) is 0 Å². The molecule has 1 amide bonds. The molecule has 38 heavy (non-hydrogen) atoms. The van der Waals surface area contributed by atoms with E-state index in [1.807, 2.05) is 49.6 Å². The Bertz CT molecular complexity index is 1040. The van der Waals surface area contributed by atoms with Crippen molar-refractivity contribution in [3.05, 3.63) is 59.2 Å². The van der Waals surface area contributed by atoms with Crippen molar-refractivity contribution in [3.63, 3.8) is 0 Å². The number of hydrogen-bond donors (Lipinski definition) is 1. The van der Waals surface area contributed by atoms with E-state index in [9.17, 15) is 14.7 Å². The molecule has 1 saturated carbocycles. The molecule has 1 N–H and O–H groups in total. The van der Waals surface area contributed by atoms with Crippen LogP contribution in [0.25, 0.3) is 11.1 Å². The third kappa shape index (κ3) is 9.14. The van der Waals surface area contributed by atoms with E-state index in [0.29, 0.717) is 30.3 Å². The highest BCUT2D eigenvalue weighted by atomic mass is 32.2. The number of hydrogen-bond acceptors (Lipinski definition) is 6. The Morgan fingerprint density at radius 1 is 1.13 bits per heavy atom. The SMILES string of the molecule is CCCCN(CC1CCCCC1)OCc1ccc(C(=O)NC(CCSC)C(=O)[O-])c(-c2ccccc2C)c1. The summed E-state index contributed by atoms with van der Waals surface area (Å²) in [5.74, 6) is -0.361. The number of aryl methyl sites for hydroxylation is 1. The fourth-order valence-corrected chi connectivity index (χ4v) is 5.54. The summed E-state index contributed by atoms with van der Waals surface area (Å²) in [5.41, 5.74) is 4.18. The van der Waals surface area contributed by atoms with Crippen molar-refractivity contribution in [2.45, 2.75) is 77.9 Å². The van der Waals surface area contributed by atoms with Gasteiger partial charge in [-0.15, -0.1) is 0 Å². The molecule has 2 aromatic carbocycles. The molecule has 0 aromatic heterocycles. The molecule has 1 fully saturated rings. The number of carbonyl (C=O) groups excluding carboxylic acids is 2. The van der Waals surface area contributed by atoms with Crippen LogP contribution in [0.15, 0.2) is 42.5 Å². The van der Waals surface area contributed by atoms with Gasteiger partial charge < -0.3 is 15.2 Å². The number of benzene rings is 2. The summed E-state index contributed by atoms with van der Waals surface area (Å²) in [5, 5.41) is 16.5. The Kier molecular flexibility index (Phi) is 12.6. The average molecular weight is 540 g/mol. The summed E-state index contributed by atoms with van der Waals surface area (Å²) >= 11 is 1.54. The molecule has 0 spiro atoms. The topological polar surface area (TPSA) is 81.7 Å². The molecule has 3 rings (SSSR count). The maximum absolute atomic E-state index is 13.3. The Hall–Kier alpha value is -2.35. The first-order valence-electron chi connectivity index (χ1n) is 14.0. The smallest absolute Gasteiger partial charge is 0.252 e. The fourth-order valence-electron chi connectivity index (χ4n) is 5.06. The fraction of sp³-hybridized carbons (Fsp3) is 0.548. The normalized spacial score (nSPS) is 14.9. The summed E-state index contributed by atoms with van der Waals surface area (Å²) in [6.45, 7) is 6.51. The lowest BCUT2D eigenvalue weighted by atomic mass is 9.89. The van der Waals surface area contributed by atoms with Crippen LogP contribution in [-0.4, -0.2) is 48.1 Å². The van der Waals surface area contributed by atoms with Crippen molar-refractivity contribution >= 4 is 23.6 Å². The zero-order valence-electron chi connectivity index (χ0n) is 23.2. The van der Waals surface area contributed by atoms with Crippen molar-refractivity contribution in [3.8, 4) is 11.1 Å². The summed E-state index contributed by atoms with van der Waals surface area (Å²) in [6, 6.07) is 12.6. The minimum Gasteiger partial charge on any atom is -0.548 e. The number of nitrogens with one attached hydrogen (secondary N) is 1. The summed E-state index contributed by atoms with van der Waals surface area (Å²) < 4.78 is 0. The molecule has 0 saturated heterocycles. The minimum absolute atomic E-state index is 0.315. The van der Waals surface area contributed by atoms with Crippen molar-refractivity contribution in [2.75, 3.05) is 25.1 Å². The van der Waals surface area contributed by atoms with Crippen LogP contribution in [0.5, 0.6) is 0 Å². The van der Waals surface area contributed by atoms with Gasteiger partial charge in [-0.1, -0.05) is 62.9 Å². The average Bonchev–Trinajstić information content (AvgIpc) is 2.93. The predicted molar refractivity (Wildman–Crippen MR) is 154 cm³/mol. The quantitative estimate of drug-likeness (QED) is 0.306. The first-order chi connectivity index (χ1) is 18.4. The summed E-state index contributed by atoms with van der Waals surface area (Å²) in [6.07, 6.45) is 11.0. The number of unbranched alkanes of at least 4 members (excludes halogenated alkanes) is 1. The molecular weight excluding hydrogens is 496 g/mol. The molecule has 1 atom stereocenters. The highest BCUT2D eigenvalue weighted by molar-refractivity contribution is 7.98. The number of nitrogens with zero attached hydrogens (tertiary/aromatic N) is 1. The lowest BCUT2D eigenvalue weighted by Gasteiger charge is -2.29. The van der Waals surface area contributed by atoms with Crippen LogP contribution in [0, 0.1) is 12.8 Å². The van der Waals surface area contributed by atoms with Crippen molar-refractivity contribution < 1.29 is 19.5 Å². The van der Waals surface area contributed by atoms with E-state index in [0.717, 1.165) is 48.2 Å². The van der Waals surface area contributed by atoms with Crippen LogP contribution in [-0.2, 0) is 16.2 Å². The molecule has 1 unspecified atom stereocenters. The molecule has 0 radical (unpaired) electrons. The van der Waals surface area contributed by atoms with Crippen LogP contribution in [0.1, 0.15) is 79.8 Å². The van der Waals surface area contributed by atoms with E-state index in [2.05, 4.69) is 17.3 Å². The van der Waals surface area contributed by atoms with E-state index in [1.54, 1.807) is 6.07 Å². The lowest BCUT2D eigenvalue weighted by Crippen LogP contribution is -2.48. The molecule has 1 aliphatic carbocycles. The highest BCUT2D eigenvalue weighted by Gasteiger charge is 2.21. The predicted octanol–water partition coefficient (Wildman–Crippen LogP) is 5.38. The summed E-state index contributed by atoms with van der Waals surface area (Å²) in [4.78, 5) is 31.3. The van der Waals surface area contributed by atoms with Gasteiger partial charge in [-0.3, -0.25) is 9.63 Å². The number of amides is 1. The number of hydroxylamine groups is 2. The van der Waals surface area contributed by atoms with Crippen LogP contribution in [0.3, 0.4) is 0 Å². The second-order valence-corrected chi connectivity index (χ2v) is 11.3. The molecule has 1 aliphatic rings. The Morgan fingerprint density at radius 3 is 2.58 bits per heavy atom. The first-order valence-corrected chi connectivity index (χ1v) is 15.4. The molecule has 2 aromatic rings. The third-order valence-electron chi connectivity index (χ3n) is 7.33. The maximum Gasteiger partial charge on any atom is 0.252 e. The Balaban J connectivity index is 1.82. The van der Waals surface area contributed by atoms with Gasteiger partial charge in [0.15, 0.2) is 0 Å². The minimum atomic E-state index is -1.26. The zero-order chi connectivity index (χ0) is 27.3. The van der Waals surface area contributed by atoms with Crippen LogP contribution in [0.2, 0.25) is 0 Å². The standard InChI is InChI=1S/C31H44N2O4S/c1-4-5-18-33(21-24-12-7-6-8-13-24)37-22-25-15-16-27(28(20-25)26-14-10-9-11-23(26)2)30(34)32-29(31(35)36)17-19-38-3/h9-11,14-16,20,24,29H,4-8,12-13,17-19,21-22H2,1-3H3,(H,32,34)(H,35,36)/p-1. The molecule has 6 nitrogen and oxygen atoms in total. The zero-order valence-corrected chi connectivity index (χ0v) is 24.0. The van der Waals surface area contributed by atoms with Gasteiger partial charge in [0, 0.05) is 18.7 Å². The lowest BCUT2D eigenvalue weighted by molar-refractivity contribution is -0.308. The molecular formula is C31H43N2O4S-. The van der Waals surface area contributed by atoms with E-state index < -0.39 is 17.9 Å². The largest absolute Gasteiger partial charge is 0.548 e. The number of aliphatic carboxylic acids is 1. The van der Waals surface area contributed by atoms with Crippen molar-refractivity contribution in [1.82, 2.24) is 10.4 Å². The van der Waals surface area contributed by atoms with Crippen molar-refractivity contribution in [1.29, 1.82) is 0 Å². The third-order valence-corrected chi connectivity index (χ3v) is 7.97. The number of carboxylic acids is 1. The van der Waals surface area contributed by atoms with Gasteiger partial charge in [0.25, 0.3) is 5.91 Å². The van der Waals surface area contributed by atoms with Crippen molar-refractivity contribution in [2.24, 2.45) is 5.92 Å². The number of rotatable bonds is 15. The summed E-state index contributed by atoms with van der Waals surface area (Å²) in [7, 11) is 0. The number of thioether (sulfide) groups is 1. The molecule has 208 valence electrons. The first kappa shape index (κ1) is 30.2. The van der Waals surface area contributed by atoms with Gasteiger partial charge >= 0.3 is 0 Å².